The Hall–Kier alpha value is -5.60. The maximum absolute atomic E-state index is 2.59. The van der Waals surface area contributed by atoms with E-state index in [1.807, 2.05) is 0 Å². The van der Waals surface area contributed by atoms with Crippen molar-refractivity contribution < 1.29 is 0 Å². The lowest BCUT2D eigenvalue weighted by Crippen LogP contribution is -2.31. The van der Waals surface area contributed by atoms with Crippen LogP contribution in [-0.4, -0.2) is 0 Å². The third kappa shape index (κ3) is 5.22. The molecule has 54 heavy (non-hydrogen) atoms. The number of benzene rings is 6. The molecule has 0 radical (unpaired) electrons. The van der Waals surface area contributed by atoms with E-state index in [-0.39, 0.29) is 10.8 Å². The molecular weight excluding hydrogens is 653 g/mol. The van der Waals surface area contributed by atoms with Gasteiger partial charge in [0.25, 0.3) is 0 Å². The standard InChI is InChI=1S/C52H50N2/c1-33-19-23-39(24-20-33)53(37-15-11-9-12-16-37)41-29-35(3)47-43-27-28-44-48-36(4)30-42(54(38-17-13-10-14-18-38)40-25-21-34(2)22-26-40)32-46(48)52(7,8)50(44)49(43)51(5,6)45(47)31-41/h9-32,45,47H,1-8H3. The molecule has 3 aliphatic carbocycles. The van der Waals surface area contributed by atoms with E-state index in [0.717, 1.165) is 0 Å². The molecule has 0 saturated carbocycles. The van der Waals surface area contributed by atoms with E-state index in [2.05, 4.69) is 211 Å². The summed E-state index contributed by atoms with van der Waals surface area (Å²) in [6, 6.07) is 49.4. The van der Waals surface area contributed by atoms with E-state index in [1.54, 1.807) is 5.56 Å². The Morgan fingerprint density at radius 3 is 1.65 bits per heavy atom. The first kappa shape index (κ1) is 34.2. The van der Waals surface area contributed by atoms with Crippen molar-refractivity contribution in [2.75, 3.05) is 9.80 Å². The second-order valence-electron chi connectivity index (χ2n) is 17.0. The molecule has 0 amide bonds. The molecule has 0 saturated heterocycles. The number of para-hydroxylation sites is 2. The quantitative estimate of drug-likeness (QED) is 0.170. The van der Waals surface area contributed by atoms with E-state index in [4.69, 9.17) is 0 Å². The molecule has 2 unspecified atom stereocenters. The molecule has 0 fully saturated rings. The lowest BCUT2D eigenvalue weighted by Gasteiger charge is -2.37. The van der Waals surface area contributed by atoms with Gasteiger partial charge in [-0.05, 0) is 145 Å². The molecular formula is C52H50N2. The minimum absolute atomic E-state index is 0.0875. The number of nitrogens with zero attached hydrogens (tertiary/aromatic N) is 2. The third-order valence-electron chi connectivity index (χ3n) is 12.6. The fraction of sp³-hybridized carbons (Fsp3) is 0.231. The molecule has 0 aromatic heterocycles. The highest BCUT2D eigenvalue weighted by Gasteiger charge is 2.52. The van der Waals surface area contributed by atoms with Crippen molar-refractivity contribution in [3.63, 3.8) is 0 Å². The fourth-order valence-electron chi connectivity index (χ4n) is 10.1. The summed E-state index contributed by atoms with van der Waals surface area (Å²) in [7, 11) is 0. The predicted molar refractivity (Wildman–Crippen MR) is 229 cm³/mol. The Morgan fingerprint density at radius 1 is 0.519 bits per heavy atom. The van der Waals surface area contributed by atoms with Crippen LogP contribution in [0.4, 0.5) is 28.4 Å². The van der Waals surface area contributed by atoms with E-state index in [9.17, 15) is 0 Å². The van der Waals surface area contributed by atoms with Gasteiger partial charge in [0, 0.05) is 45.5 Å². The van der Waals surface area contributed by atoms with Gasteiger partial charge in [-0.15, -0.1) is 0 Å². The van der Waals surface area contributed by atoms with Gasteiger partial charge in [-0.25, -0.2) is 0 Å². The number of aryl methyl sites for hydroxylation is 3. The Labute approximate surface area is 322 Å². The molecule has 0 aliphatic heterocycles. The monoisotopic (exact) mass is 702 g/mol. The number of hydrogen-bond donors (Lipinski definition) is 0. The second-order valence-corrected chi connectivity index (χ2v) is 17.0. The van der Waals surface area contributed by atoms with Gasteiger partial charge in [0.2, 0.25) is 0 Å². The van der Waals surface area contributed by atoms with Crippen molar-refractivity contribution >= 4 is 28.4 Å². The number of hydrogen-bond acceptors (Lipinski definition) is 2. The SMILES string of the molecule is CC1=CC(N(c2ccccc2)c2ccc(C)cc2)=CC2C1c1ccc3c(c1C2(C)C)C(C)(C)c1cc(N(c2ccccc2)c2ccc(C)cc2)cc(C)c1-3. The van der Waals surface area contributed by atoms with Crippen molar-refractivity contribution in [3.8, 4) is 11.1 Å². The van der Waals surface area contributed by atoms with Crippen LogP contribution in [-0.2, 0) is 10.8 Å². The maximum Gasteiger partial charge on any atom is 0.0467 e. The van der Waals surface area contributed by atoms with Crippen molar-refractivity contribution in [1.82, 2.24) is 0 Å². The van der Waals surface area contributed by atoms with Crippen LogP contribution in [0.2, 0.25) is 0 Å². The molecule has 0 heterocycles. The van der Waals surface area contributed by atoms with Crippen LogP contribution in [0.1, 0.15) is 79.5 Å². The number of fused-ring (bicyclic) bond motifs is 7. The predicted octanol–water partition coefficient (Wildman–Crippen LogP) is 14.1. The molecule has 0 spiro atoms. The highest BCUT2D eigenvalue weighted by Crippen LogP contribution is 2.63. The zero-order valence-electron chi connectivity index (χ0n) is 32.9. The molecule has 6 aromatic rings. The highest BCUT2D eigenvalue weighted by atomic mass is 15.2. The average Bonchev–Trinajstić information content (AvgIpc) is 3.54. The summed E-state index contributed by atoms with van der Waals surface area (Å²) in [5.74, 6) is 0.660. The molecule has 9 rings (SSSR count). The summed E-state index contributed by atoms with van der Waals surface area (Å²) in [6.07, 6.45) is 5.04. The fourth-order valence-corrected chi connectivity index (χ4v) is 10.1. The first-order valence-electron chi connectivity index (χ1n) is 19.5. The van der Waals surface area contributed by atoms with Gasteiger partial charge < -0.3 is 9.80 Å². The Balaban J connectivity index is 1.18. The van der Waals surface area contributed by atoms with Crippen LogP contribution >= 0.6 is 0 Å². The van der Waals surface area contributed by atoms with Gasteiger partial charge >= 0.3 is 0 Å². The Bertz CT molecular complexity index is 2460. The maximum atomic E-state index is 2.59. The average molecular weight is 703 g/mol. The van der Waals surface area contributed by atoms with Gasteiger partial charge in [-0.3, -0.25) is 0 Å². The van der Waals surface area contributed by atoms with E-state index in [0.29, 0.717) is 11.8 Å². The molecule has 3 aliphatic rings. The van der Waals surface area contributed by atoms with Crippen LogP contribution in [0.15, 0.2) is 157 Å². The number of rotatable bonds is 6. The Morgan fingerprint density at radius 2 is 1.06 bits per heavy atom. The van der Waals surface area contributed by atoms with Crippen molar-refractivity contribution in [1.29, 1.82) is 0 Å². The zero-order valence-corrected chi connectivity index (χ0v) is 32.9. The Kier molecular flexibility index (Phi) is 7.91. The van der Waals surface area contributed by atoms with Gasteiger partial charge in [0.15, 0.2) is 0 Å². The van der Waals surface area contributed by atoms with E-state index in [1.165, 1.54) is 84.2 Å². The topological polar surface area (TPSA) is 6.48 Å². The minimum atomic E-state index is -0.181. The molecule has 268 valence electrons. The van der Waals surface area contributed by atoms with Crippen LogP contribution < -0.4 is 9.80 Å². The largest absolute Gasteiger partial charge is 0.311 e. The lowest BCUT2D eigenvalue weighted by molar-refractivity contribution is 0.380. The van der Waals surface area contributed by atoms with Crippen molar-refractivity contribution in [2.45, 2.75) is 72.1 Å². The van der Waals surface area contributed by atoms with Gasteiger partial charge in [-0.2, -0.15) is 0 Å². The summed E-state index contributed by atoms with van der Waals surface area (Å²) in [5, 5.41) is 0. The van der Waals surface area contributed by atoms with Crippen LogP contribution in [0.25, 0.3) is 11.1 Å². The van der Waals surface area contributed by atoms with E-state index >= 15 is 0 Å². The van der Waals surface area contributed by atoms with E-state index < -0.39 is 0 Å². The summed E-state index contributed by atoms with van der Waals surface area (Å²) < 4.78 is 0. The summed E-state index contributed by atoms with van der Waals surface area (Å²) in [6.45, 7) is 18.9. The zero-order chi connectivity index (χ0) is 37.5. The molecule has 0 N–H and O–H groups in total. The van der Waals surface area contributed by atoms with Gasteiger partial charge in [0.05, 0.1) is 0 Å². The summed E-state index contributed by atoms with van der Waals surface area (Å²) in [4.78, 5) is 4.86. The van der Waals surface area contributed by atoms with Crippen LogP contribution in [0.5, 0.6) is 0 Å². The van der Waals surface area contributed by atoms with Crippen molar-refractivity contribution in [3.05, 3.63) is 196 Å². The molecule has 0 bridgehead atoms. The number of allylic oxidation sites excluding steroid dienone is 3. The number of anilines is 5. The third-order valence-corrected chi connectivity index (χ3v) is 12.6. The van der Waals surface area contributed by atoms with Crippen LogP contribution in [0, 0.1) is 26.7 Å². The van der Waals surface area contributed by atoms with Gasteiger partial charge in [0.1, 0.15) is 0 Å². The molecule has 6 aromatic carbocycles. The molecule has 2 nitrogen and oxygen atoms in total. The first-order chi connectivity index (χ1) is 25.9. The normalized spacial score (nSPS) is 18.5. The highest BCUT2D eigenvalue weighted by molar-refractivity contribution is 5.89. The molecule has 2 heteroatoms. The van der Waals surface area contributed by atoms with Gasteiger partial charge in [-0.1, -0.05) is 123 Å². The minimum Gasteiger partial charge on any atom is -0.311 e. The van der Waals surface area contributed by atoms with Crippen LogP contribution in [0.3, 0.4) is 0 Å². The van der Waals surface area contributed by atoms with Crippen molar-refractivity contribution in [2.24, 2.45) is 5.92 Å². The first-order valence-corrected chi connectivity index (χ1v) is 19.5. The molecule has 2 atom stereocenters. The summed E-state index contributed by atoms with van der Waals surface area (Å²) in [5.41, 5.74) is 21.0. The summed E-state index contributed by atoms with van der Waals surface area (Å²) >= 11 is 0. The smallest absolute Gasteiger partial charge is 0.0467 e. The lowest BCUT2D eigenvalue weighted by atomic mass is 9.69. The second kappa shape index (κ2) is 12.5.